The number of hydrogen-bond donors (Lipinski definition) is 4. The molecule has 29 heavy (non-hydrogen) atoms. The van der Waals surface area contributed by atoms with Gasteiger partial charge in [0.05, 0.1) is 15.1 Å². The lowest BCUT2D eigenvalue weighted by Gasteiger charge is -2.06. The molecule has 5 N–H and O–H groups in total. The van der Waals surface area contributed by atoms with E-state index in [9.17, 15) is 9.59 Å². The number of carbonyl (C=O) groups is 2. The summed E-state index contributed by atoms with van der Waals surface area (Å²) in [5.74, 6) is -0.571. The van der Waals surface area contributed by atoms with Crippen LogP contribution in [0.1, 0.15) is 32.8 Å². The standard InChI is InChI=1S/C20H19BrClN5O2/c21-16-17(20(29)24-13-9-7-12(8-10-13)4-3-11-23)26-27-18(16)25-19(28)14-5-1-2-6-15(14)22/h1-2,5-10H,3-4,11,23H2,(H,24,29)(H2,25,26,27,28). The van der Waals surface area contributed by atoms with E-state index in [2.05, 4.69) is 36.8 Å². The number of rotatable bonds is 7. The highest BCUT2D eigenvalue weighted by atomic mass is 79.9. The molecule has 2 aromatic carbocycles. The lowest BCUT2D eigenvalue weighted by atomic mass is 10.1. The molecule has 7 nitrogen and oxygen atoms in total. The number of aromatic nitrogens is 2. The van der Waals surface area contributed by atoms with Crippen LogP contribution in [-0.4, -0.2) is 28.6 Å². The Hall–Kier alpha value is -2.68. The molecule has 0 atom stereocenters. The number of aryl methyl sites for hydroxylation is 1. The summed E-state index contributed by atoms with van der Waals surface area (Å²) in [5, 5.41) is 12.4. The van der Waals surface area contributed by atoms with Gasteiger partial charge in [-0.25, -0.2) is 0 Å². The first-order valence-electron chi connectivity index (χ1n) is 8.89. The van der Waals surface area contributed by atoms with E-state index < -0.39 is 11.8 Å². The number of amides is 2. The summed E-state index contributed by atoms with van der Waals surface area (Å²) in [6.07, 6.45) is 1.80. The molecule has 150 valence electrons. The molecule has 0 unspecified atom stereocenters. The number of nitrogens with two attached hydrogens (primary N) is 1. The molecule has 1 heterocycles. The number of aromatic amines is 1. The van der Waals surface area contributed by atoms with Gasteiger partial charge in [0.1, 0.15) is 5.82 Å². The molecular weight excluding hydrogens is 458 g/mol. The van der Waals surface area contributed by atoms with Gasteiger partial charge in [-0.05, 0) is 65.1 Å². The number of halogens is 2. The fourth-order valence-corrected chi connectivity index (χ4v) is 3.32. The Balaban J connectivity index is 1.67. The molecule has 0 aliphatic rings. The van der Waals surface area contributed by atoms with Crippen molar-refractivity contribution in [3.63, 3.8) is 0 Å². The molecule has 1 aromatic heterocycles. The quantitative estimate of drug-likeness (QED) is 0.409. The number of benzene rings is 2. The second-order valence-electron chi connectivity index (χ2n) is 6.24. The van der Waals surface area contributed by atoms with Crippen molar-refractivity contribution < 1.29 is 9.59 Å². The smallest absolute Gasteiger partial charge is 0.277 e. The molecule has 0 aliphatic carbocycles. The summed E-state index contributed by atoms with van der Waals surface area (Å²) < 4.78 is 0.343. The van der Waals surface area contributed by atoms with Crippen molar-refractivity contribution in [3.05, 3.63) is 74.8 Å². The summed E-state index contributed by atoms with van der Waals surface area (Å²) >= 11 is 9.35. The minimum atomic E-state index is -0.417. The van der Waals surface area contributed by atoms with Crippen molar-refractivity contribution >= 4 is 50.9 Å². The molecule has 0 saturated carbocycles. The van der Waals surface area contributed by atoms with Crippen LogP contribution in [0.15, 0.2) is 53.0 Å². The molecule has 2 amide bonds. The Kier molecular flexibility index (Phi) is 7.03. The first-order chi connectivity index (χ1) is 14.0. The first-order valence-corrected chi connectivity index (χ1v) is 10.1. The van der Waals surface area contributed by atoms with Gasteiger partial charge < -0.3 is 16.4 Å². The summed E-state index contributed by atoms with van der Waals surface area (Å²) in [6.45, 7) is 0.640. The van der Waals surface area contributed by atoms with Crippen LogP contribution < -0.4 is 16.4 Å². The molecule has 3 aromatic rings. The van der Waals surface area contributed by atoms with E-state index in [1.807, 2.05) is 24.3 Å². The number of anilines is 2. The second-order valence-corrected chi connectivity index (χ2v) is 7.44. The highest BCUT2D eigenvalue weighted by Crippen LogP contribution is 2.26. The lowest BCUT2D eigenvalue weighted by molar-refractivity contribution is 0.101. The van der Waals surface area contributed by atoms with Crippen molar-refractivity contribution in [2.45, 2.75) is 12.8 Å². The normalized spacial score (nSPS) is 10.6. The Morgan fingerprint density at radius 2 is 1.79 bits per heavy atom. The molecule has 0 radical (unpaired) electrons. The summed E-state index contributed by atoms with van der Waals surface area (Å²) in [5.41, 5.74) is 7.75. The zero-order chi connectivity index (χ0) is 20.8. The van der Waals surface area contributed by atoms with Gasteiger partial charge in [0.15, 0.2) is 5.69 Å². The predicted octanol–water partition coefficient (Wildman–Crippen LogP) is 4.22. The number of nitrogens with one attached hydrogen (secondary N) is 3. The SMILES string of the molecule is NCCCc1ccc(NC(=O)c2n[nH]c(NC(=O)c3ccccc3Cl)c2Br)cc1. The third kappa shape index (κ3) is 5.23. The van der Waals surface area contributed by atoms with Gasteiger partial charge in [0.2, 0.25) is 0 Å². The maximum absolute atomic E-state index is 12.5. The van der Waals surface area contributed by atoms with Gasteiger partial charge in [0, 0.05) is 5.69 Å². The van der Waals surface area contributed by atoms with Gasteiger partial charge in [-0.15, -0.1) is 0 Å². The Morgan fingerprint density at radius 1 is 1.07 bits per heavy atom. The third-order valence-electron chi connectivity index (χ3n) is 4.16. The van der Waals surface area contributed by atoms with E-state index in [-0.39, 0.29) is 11.5 Å². The van der Waals surface area contributed by atoms with Gasteiger partial charge in [-0.3, -0.25) is 14.7 Å². The average Bonchev–Trinajstić information content (AvgIpc) is 3.08. The molecule has 0 aliphatic heterocycles. The highest BCUT2D eigenvalue weighted by molar-refractivity contribution is 9.10. The molecule has 0 bridgehead atoms. The zero-order valence-corrected chi connectivity index (χ0v) is 17.7. The monoisotopic (exact) mass is 475 g/mol. The van der Waals surface area contributed by atoms with E-state index in [0.29, 0.717) is 27.3 Å². The predicted molar refractivity (Wildman–Crippen MR) is 117 cm³/mol. The van der Waals surface area contributed by atoms with E-state index in [1.54, 1.807) is 24.3 Å². The van der Waals surface area contributed by atoms with E-state index in [1.165, 1.54) is 0 Å². The fraction of sp³-hybridized carbons (Fsp3) is 0.150. The van der Waals surface area contributed by atoms with Gasteiger partial charge >= 0.3 is 0 Å². The summed E-state index contributed by atoms with van der Waals surface area (Å²) in [6, 6.07) is 14.2. The summed E-state index contributed by atoms with van der Waals surface area (Å²) in [7, 11) is 0. The van der Waals surface area contributed by atoms with Crippen molar-refractivity contribution in [3.8, 4) is 0 Å². The number of carbonyl (C=O) groups excluding carboxylic acids is 2. The van der Waals surface area contributed by atoms with Crippen LogP contribution in [0.4, 0.5) is 11.5 Å². The molecule has 0 spiro atoms. The van der Waals surface area contributed by atoms with Crippen LogP contribution in [0, 0.1) is 0 Å². The van der Waals surface area contributed by atoms with Crippen LogP contribution in [-0.2, 0) is 6.42 Å². The minimum Gasteiger partial charge on any atom is -0.330 e. The van der Waals surface area contributed by atoms with Gasteiger partial charge in [-0.1, -0.05) is 35.9 Å². The first kappa shape index (κ1) is 21.0. The van der Waals surface area contributed by atoms with Crippen molar-refractivity contribution in [2.24, 2.45) is 5.73 Å². The van der Waals surface area contributed by atoms with Crippen molar-refractivity contribution in [1.82, 2.24) is 10.2 Å². The van der Waals surface area contributed by atoms with Crippen LogP contribution >= 0.6 is 27.5 Å². The minimum absolute atomic E-state index is 0.117. The van der Waals surface area contributed by atoms with Crippen molar-refractivity contribution in [2.75, 3.05) is 17.2 Å². The van der Waals surface area contributed by atoms with Crippen LogP contribution in [0.3, 0.4) is 0 Å². The second kappa shape index (κ2) is 9.69. The highest BCUT2D eigenvalue weighted by Gasteiger charge is 2.20. The lowest BCUT2D eigenvalue weighted by Crippen LogP contribution is -2.14. The topological polar surface area (TPSA) is 113 Å². The average molecular weight is 477 g/mol. The Morgan fingerprint density at radius 3 is 2.48 bits per heavy atom. The largest absolute Gasteiger partial charge is 0.330 e. The van der Waals surface area contributed by atoms with E-state index in [4.69, 9.17) is 17.3 Å². The Bertz CT molecular complexity index is 1020. The number of nitrogens with zero attached hydrogens (tertiary/aromatic N) is 1. The molecule has 9 heteroatoms. The van der Waals surface area contributed by atoms with Crippen LogP contribution in [0.5, 0.6) is 0 Å². The van der Waals surface area contributed by atoms with Gasteiger partial charge in [-0.2, -0.15) is 5.10 Å². The third-order valence-corrected chi connectivity index (χ3v) is 5.26. The molecule has 0 saturated heterocycles. The number of H-pyrrole nitrogens is 1. The van der Waals surface area contributed by atoms with Crippen LogP contribution in [0.25, 0.3) is 0 Å². The maximum Gasteiger partial charge on any atom is 0.277 e. The Labute approximate surface area is 181 Å². The van der Waals surface area contributed by atoms with E-state index in [0.717, 1.165) is 18.4 Å². The summed E-state index contributed by atoms with van der Waals surface area (Å²) in [4.78, 5) is 24.9. The fourth-order valence-electron chi connectivity index (χ4n) is 2.64. The molecular formula is C20H19BrClN5O2. The van der Waals surface area contributed by atoms with Gasteiger partial charge in [0.25, 0.3) is 11.8 Å². The zero-order valence-electron chi connectivity index (χ0n) is 15.3. The van der Waals surface area contributed by atoms with E-state index >= 15 is 0 Å². The van der Waals surface area contributed by atoms with Crippen LogP contribution in [0.2, 0.25) is 5.02 Å². The molecule has 3 rings (SSSR count). The number of hydrogen-bond acceptors (Lipinski definition) is 4. The molecule has 0 fully saturated rings. The van der Waals surface area contributed by atoms with Crippen molar-refractivity contribution in [1.29, 1.82) is 0 Å². The maximum atomic E-state index is 12.5.